The molecule has 0 aromatic heterocycles. The van der Waals surface area contributed by atoms with Crippen molar-refractivity contribution < 1.29 is 0 Å². The maximum atomic E-state index is 4.85. The molecule has 0 radical (unpaired) electrons. The van der Waals surface area contributed by atoms with E-state index in [1.54, 1.807) is 0 Å². The second-order valence-corrected chi connectivity index (χ2v) is 8.06. The van der Waals surface area contributed by atoms with Gasteiger partial charge in [0, 0.05) is 44.8 Å². The number of halogens is 1. The Labute approximate surface area is 195 Å². The van der Waals surface area contributed by atoms with Gasteiger partial charge in [-0.25, -0.2) is 0 Å². The van der Waals surface area contributed by atoms with Crippen LogP contribution >= 0.6 is 24.0 Å². The van der Waals surface area contributed by atoms with Crippen LogP contribution in [-0.4, -0.2) is 67.6 Å². The molecule has 1 aromatic carbocycles. The minimum atomic E-state index is 0. The summed E-state index contributed by atoms with van der Waals surface area (Å²) in [6, 6.07) is 11.7. The number of benzene rings is 1. The molecular formula is C23H42IN5. The largest absolute Gasteiger partial charge is 0.357 e. The number of nitrogens with one attached hydrogen (secondary N) is 2. The number of likely N-dealkylation sites (tertiary alicyclic amines) is 1. The molecule has 0 aliphatic carbocycles. The van der Waals surface area contributed by atoms with Gasteiger partial charge in [0.05, 0.1) is 0 Å². The van der Waals surface area contributed by atoms with Crippen molar-refractivity contribution in [2.75, 3.05) is 39.8 Å². The Morgan fingerprint density at radius 1 is 1.21 bits per heavy atom. The fourth-order valence-corrected chi connectivity index (χ4v) is 3.74. The first-order chi connectivity index (χ1) is 13.6. The highest BCUT2D eigenvalue weighted by Crippen LogP contribution is 2.11. The Hall–Kier alpha value is -0.860. The molecule has 1 heterocycles. The Morgan fingerprint density at radius 3 is 2.52 bits per heavy atom. The molecule has 1 aliphatic heterocycles. The van der Waals surface area contributed by atoms with E-state index in [0.29, 0.717) is 12.1 Å². The molecule has 1 fully saturated rings. The summed E-state index contributed by atoms with van der Waals surface area (Å²) in [7, 11) is 2.20. The lowest BCUT2D eigenvalue weighted by Gasteiger charge is -2.32. The lowest BCUT2D eigenvalue weighted by molar-refractivity contribution is 0.206. The highest BCUT2D eigenvalue weighted by atomic mass is 127. The van der Waals surface area contributed by atoms with E-state index in [2.05, 4.69) is 78.6 Å². The summed E-state index contributed by atoms with van der Waals surface area (Å²) in [4.78, 5) is 9.83. The average molecular weight is 516 g/mol. The van der Waals surface area contributed by atoms with E-state index >= 15 is 0 Å². The van der Waals surface area contributed by atoms with Crippen LogP contribution in [0.3, 0.4) is 0 Å². The quantitative estimate of drug-likeness (QED) is 0.282. The van der Waals surface area contributed by atoms with Gasteiger partial charge in [-0.1, -0.05) is 37.3 Å². The zero-order chi connectivity index (χ0) is 20.2. The molecule has 29 heavy (non-hydrogen) atoms. The Bertz CT molecular complexity index is 558. The smallest absolute Gasteiger partial charge is 0.191 e. The van der Waals surface area contributed by atoms with Crippen LogP contribution < -0.4 is 10.6 Å². The van der Waals surface area contributed by atoms with Crippen LogP contribution in [0.2, 0.25) is 0 Å². The summed E-state index contributed by atoms with van der Waals surface area (Å²) in [6.07, 6.45) is 4.73. The summed E-state index contributed by atoms with van der Waals surface area (Å²) in [5.74, 6) is 0.981. The molecule has 6 heteroatoms. The molecular weight excluding hydrogens is 473 g/mol. The first-order valence-corrected chi connectivity index (χ1v) is 11.1. The van der Waals surface area contributed by atoms with Crippen molar-refractivity contribution in [1.29, 1.82) is 0 Å². The third-order valence-corrected chi connectivity index (χ3v) is 5.66. The van der Waals surface area contributed by atoms with Gasteiger partial charge in [-0.2, -0.15) is 0 Å². The number of piperidine rings is 1. The topological polar surface area (TPSA) is 42.9 Å². The number of rotatable bonds is 10. The van der Waals surface area contributed by atoms with Gasteiger partial charge < -0.3 is 15.5 Å². The van der Waals surface area contributed by atoms with Crippen LogP contribution in [0.5, 0.6) is 0 Å². The number of guanidine groups is 1. The van der Waals surface area contributed by atoms with Gasteiger partial charge in [-0.05, 0) is 58.7 Å². The molecule has 2 N–H and O–H groups in total. The molecule has 1 atom stereocenters. The number of aliphatic imine (C=N–C) groups is 1. The number of nitrogens with zero attached hydrogens (tertiary/aromatic N) is 3. The highest BCUT2D eigenvalue weighted by molar-refractivity contribution is 14.0. The van der Waals surface area contributed by atoms with Crippen LogP contribution in [0.4, 0.5) is 0 Å². The van der Waals surface area contributed by atoms with Gasteiger partial charge in [-0.3, -0.25) is 9.89 Å². The first kappa shape index (κ1) is 26.2. The zero-order valence-corrected chi connectivity index (χ0v) is 21.2. The predicted molar refractivity (Wildman–Crippen MR) is 136 cm³/mol. The lowest BCUT2D eigenvalue weighted by atomic mass is 10.1. The minimum Gasteiger partial charge on any atom is -0.357 e. The molecule has 166 valence electrons. The summed E-state index contributed by atoms with van der Waals surface area (Å²) in [5.41, 5.74) is 1.37. The molecule has 0 amide bonds. The lowest BCUT2D eigenvalue weighted by Crippen LogP contribution is -2.48. The van der Waals surface area contributed by atoms with Crippen molar-refractivity contribution in [1.82, 2.24) is 20.4 Å². The van der Waals surface area contributed by atoms with E-state index in [1.165, 1.54) is 44.5 Å². The Balaban J connectivity index is 0.00000420. The summed E-state index contributed by atoms with van der Waals surface area (Å²) in [6.45, 7) is 13.1. The summed E-state index contributed by atoms with van der Waals surface area (Å²) in [5, 5.41) is 7.08. The summed E-state index contributed by atoms with van der Waals surface area (Å²) < 4.78 is 0. The molecule has 1 saturated heterocycles. The molecule has 0 bridgehead atoms. The van der Waals surface area contributed by atoms with E-state index < -0.39 is 0 Å². The molecule has 0 spiro atoms. The number of hydrogen-bond acceptors (Lipinski definition) is 3. The van der Waals surface area contributed by atoms with Gasteiger partial charge in [0.2, 0.25) is 0 Å². The van der Waals surface area contributed by atoms with Crippen LogP contribution in [0.15, 0.2) is 35.3 Å². The van der Waals surface area contributed by atoms with Crippen molar-refractivity contribution in [3.8, 4) is 0 Å². The Morgan fingerprint density at radius 2 is 1.90 bits per heavy atom. The van der Waals surface area contributed by atoms with Crippen molar-refractivity contribution >= 4 is 29.9 Å². The standard InChI is InChI=1S/C23H41N5.HI/c1-5-16-28-17-13-22(14-18-28)26-23(24-6-2)25-15-12-20(3)27(4)19-21-10-8-7-9-11-21;/h7-11,20,22H,5-6,12-19H2,1-4H3,(H2,24,25,26);1H. The van der Waals surface area contributed by atoms with Crippen LogP contribution in [-0.2, 0) is 6.54 Å². The van der Waals surface area contributed by atoms with Gasteiger partial charge in [-0.15, -0.1) is 24.0 Å². The van der Waals surface area contributed by atoms with E-state index in [0.717, 1.165) is 32.0 Å². The van der Waals surface area contributed by atoms with Gasteiger partial charge in [0.1, 0.15) is 0 Å². The van der Waals surface area contributed by atoms with Gasteiger partial charge >= 0.3 is 0 Å². The second-order valence-electron chi connectivity index (χ2n) is 8.06. The van der Waals surface area contributed by atoms with Crippen molar-refractivity contribution in [2.24, 2.45) is 4.99 Å². The van der Waals surface area contributed by atoms with Gasteiger partial charge in [0.15, 0.2) is 5.96 Å². The van der Waals surface area contributed by atoms with Crippen molar-refractivity contribution in [2.45, 2.75) is 65.1 Å². The van der Waals surface area contributed by atoms with Crippen LogP contribution in [0.1, 0.15) is 52.0 Å². The maximum absolute atomic E-state index is 4.85. The fourth-order valence-electron chi connectivity index (χ4n) is 3.74. The minimum absolute atomic E-state index is 0. The maximum Gasteiger partial charge on any atom is 0.191 e. The van der Waals surface area contributed by atoms with E-state index in [4.69, 9.17) is 4.99 Å². The monoisotopic (exact) mass is 515 g/mol. The third-order valence-electron chi connectivity index (χ3n) is 5.66. The van der Waals surface area contributed by atoms with Crippen molar-refractivity contribution in [3.05, 3.63) is 35.9 Å². The predicted octanol–water partition coefficient (Wildman–Crippen LogP) is 3.94. The van der Waals surface area contributed by atoms with E-state index in [-0.39, 0.29) is 24.0 Å². The molecule has 2 rings (SSSR count). The van der Waals surface area contributed by atoms with E-state index in [9.17, 15) is 0 Å². The molecule has 1 aliphatic rings. The Kier molecular flexibility index (Phi) is 13.6. The second kappa shape index (κ2) is 15.0. The zero-order valence-electron chi connectivity index (χ0n) is 18.9. The molecule has 1 aromatic rings. The number of hydrogen-bond donors (Lipinski definition) is 2. The average Bonchev–Trinajstić information content (AvgIpc) is 2.70. The first-order valence-electron chi connectivity index (χ1n) is 11.1. The fraction of sp³-hybridized carbons (Fsp3) is 0.696. The van der Waals surface area contributed by atoms with Gasteiger partial charge in [0.25, 0.3) is 0 Å². The third kappa shape index (κ3) is 10.1. The highest BCUT2D eigenvalue weighted by Gasteiger charge is 2.19. The molecule has 0 saturated carbocycles. The SMILES string of the molecule is CCCN1CCC(NC(=NCCC(C)N(C)Cc2ccccc2)NCC)CC1.I. The molecule has 1 unspecified atom stereocenters. The van der Waals surface area contributed by atoms with Crippen LogP contribution in [0.25, 0.3) is 0 Å². The normalized spacial score (nSPS) is 17.1. The summed E-state index contributed by atoms with van der Waals surface area (Å²) >= 11 is 0. The van der Waals surface area contributed by atoms with E-state index in [1.807, 2.05) is 0 Å². The molecule has 5 nitrogen and oxygen atoms in total. The van der Waals surface area contributed by atoms with Crippen LogP contribution in [0, 0.1) is 0 Å². The van der Waals surface area contributed by atoms with Crippen molar-refractivity contribution in [3.63, 3.8) is 0 Å².